The van der Waals surface area contributed by atoms with E-state index in [0.717, 1.165) is 12.0 Å². The van der Waals surface area contributed by atoms with Gasteiger partial charge in [-0.25, -0.2) is 0 Å². The number of ether oxygens (including phenoxy) is 2. The number of benzene rings is 2. The Balaban J connectivity index is 1.58. The van der Waals surface area contributed by atoms with Gasteiger partial charge in [-0.1, -0.05) is 17.7 Å². The van der Waals surface area contributed by atoms with Gasteiger partial charge in [0.2, 0.25) is 5.91 Å². The predicted molar refractivity (Wildman–Crippen MR) is 99.9 cm³/mol. The fourth-order valence-corrected chi connectivity index (χ4v) is 3.68. The molecule has 0 aromatic heterocycles. The zero-order valence-corrected chi connectivity index (χ0v) is 15.2. The zero-order chi connectivity index (χ0) is 19.0. The first kappa shape index (κ1) is 17.6. The molecule has 0 fully saturated rings. The highest BCUT2D eigenvalue weighted by Gasteiger charge is 2.27. The van der Waals surface area contributed by atoms with Gasteiger partial charge in [0.1, 0.15) is 0 Å². The van der Waals surface area contributed by atoms with E-state index in [9.17, 15) is 14.9 Å². The number of carbonyl (C=O) groups is 1. The van der Waals surface area contributed by atoms with Crippen LogP contribution in [0.1, 0.15) is 17.5 Å². The highest BCUT2D eigenvalue weighted by molar-refractivity contribution is 6.32. The third kappa shape index (κ3) is 3.42. The molecule has 0 spiro atoms. The fourth-order valence-electron chi connectivity index (χ4n) is 3.40. The zero-order valence-electron chi connectivity index (χ0n) is 14.4. The molecular weight excluding hydrogens is 372 g/mol. The number of nitro benzene ring substituents is 1. The molecule has 2 aliphatic heterocycles. The molecule has 0 bridgehead atoms. The largest absolute Gasteiger partial charge is 0.489 e. The fraction of sp³-hybridized carbons (Fsp3) is 0.316. The van der Waals surface area contributed by atoms with Crippen LogP contribution in [0, 0.1) is 10.1 Å². The van der Waals surface area contributed by atoms with Crippen LogP contribution in [0.25, 0.3) is 0 Å². The maximum absolute atomic E-state index is 12.8. The van der Waals surface area contributed by atoms with Crippen molar-refractivity contribution in [3.8, 4) is 11.5 Å². The molecule has 8 heteroatoms. The number of carbonyl (C=O) groups excluding carboxylic acids is 1. The third-order valence-corrected chi connectivity index (χ3v) is 4.97. The summed E-state index contributed by atoms with van der Waals surface area (Å²) in [6.07, 6.45) is 1.57. The number of fused-ring (bicyclic) bond motifs is 2. The Kier molecular flexibility index (Phi) is 4.61. The van der Waals surface area contributed by atoms with Crippen molar-refractivity contribution in [3.05, 3.63) is 56.6 Å². The SMILES string of the molecule is O=C(Cc1cc(Cl)c2c(c1)OCCCO2)N1CCc2ccc([N+](=O)[O-])cc21. The molecule has 0 unspecified atom stereocenters. The van der Waals surface area contributed by atoms with Crippen LogP contribution in [0.4, 0.5) is 11.4 Å². The molecule has 0 radical (unpaired) electrons. The number of halogens is 1. The van der Waals surface area contributed by atoms with Crippen molar-refractivity contribution < 1.29 is 19.2 Å². The van der Waals surface area contributed by atoms with Crippen molar-refractivity contribution in [1.29, 1.82) is 0 Å². The lowest BCUT2D eigenvalue weighted by atomic mass is 10.1. The van der Waals surface area contributed by atoms with Crippen molar-refractivity contribution in [2.45, 2.75) is 19.3 Å². The number of nitrogens with zero attached hydrogens (tertiary/aromatic N) is 2. The molecule has 27 heavy (non-hydrogen) atoms. The monoisotopic (exact) mass is 388 g/mol. The molecule has 2 aliphatic rings. The molecule has 0 aliphatic carbocycles. The lowest BCUT2D eigenvalue weighted by Crippen LogP contribution is -2.30. The Labute approximate surface area is 160 Å². The summed E-state index contributed by atoms with van der Waals surface area (Å²) < 4.78 is 11.3. The van der Waals surface area contributed by atoms with Gasteiger partial charge in [-0.05, 0) is 29.7 Å². The highest BCUT2D eigenvalue weighted by Crippen LogP contribution is 2.38. The van der Waals surface area contributed by atoms with E-state index in [4.69, 9.17) is 21.1 Å². The first-order valence-corrected chi connectivity index (χ1v) is 9.06. The number of amides is 1. The van der Waals surface area contributed by atoms with E-state index in [0.29, 0.717) is 54.0 Å². The van der Waals surface area contributed by atoms with Crippen molar-refractivity contribution in [3.63, 3.8) is 0 Å². The van der Waals surface area contributed by atoms with Gasteiger partial charge >= 0.3 is 0 Å². The first-order chi connectivity index (χ1) is 13.0. The summed E-state index contributed by atoms with van der Waals surface area (Å²) in [4.78, 5) is 25.0. The predicted octanol–water partition coefficient (Wildman–Crippen LogP) is 3.54. The summed E-state index contributed by atoms with van der Waals surface area (Å²) in [7, 11) is 0. The minimum absolute atomic E-state index is 0.0212. The number of non-ortho nitro benzene ring substituents is 1. The van der Waals surface area contributed by atoms with Gasteiger partial charge in [0, 0.05) is 25.1 Å². The van der Waals surface area contributed by atoms with Gasteiger partial charge in [-0.2, -0.15) is 0 Å². The maximum atomic E-state index is 12.8. The number of rotatable bonds is 3. The molecule has 2 aromatic carbocycles. The van der Waals surface area contributed by atoms with Crippen LogP contribution in [0.15, 0.2) is 30.3 Å². The average Bonchev–Trinajstić information content (AvgIpc) is 2.91. The second-order valence-electron chi connectivity index (χ2n) is 6.50. The van der Waals surface area contributed by atoms with Crippen LogP contribution < -0.4 is 14.4 Å². The van der Waals surface area contributed by atoms with Crippen molar-refractivity contribution >= 4 is 28.9 Å². The number of nitro groups is 1. The quantitative estimate of drug-likeness (QED) is 0.593. The first-order valence-electron chi connectivity index (χ1n) is 8.68. The van der Waals surface area contributed by atoms with Gasteiger partial charge in [-0.3, -0.25) is 14.9 Å². The third-order valence-electron chi connectivity index (χ3n) is 4.69. The Bertz CT molecular complexity index is 931. The molecule has 0 saturated carbocycles. The standard InChI is InChI=1S/C19H17ClN2O5/c20-15-8-12(9-17-19(15)27-7-1-6-26-17)10-18(23)21-5-4-13-2-3-14(22(24)25)11-16(13)21/h2-3,8-9,11H,1,4-7,10H2. The van der Waals surface area contributed by atoms with Gasteiger partial charge in [0.05, 0.1) is 35.3 Å². The molecule has 4 rings (SSSR count). The second kappa shape index (κ2) is 7.08. The summed E-state index contributed by atoms with van der Waals surface area (Å²) in [6, 6.07) is 8.12. The van der Waals surface area contributed by atoms with Crippen LogP contribution in [0.2, 0.25) is 5.02 Å². The number of hydrogen-bond donors (Lipinski definition) is 0. The van der Waals surface area contributed by atoms with Crippen LogP contribution >= 0.6 is 11.6 Å². The van der Waals surface area contributed by atoms with Crippen molar-refractivity contribution in [1.82, 2.24) is 0 Å². The molecule has 2 aromatic rings. The number of anilines is 1. The van der Waals surface area contributed by atoms with Crippen LogP contribution in [0.5, 0.6) is 11.5 Å². The van der Waals surface area contributed by atoms with Crippen molar-refractivity contribution in [2.75, 3.05) is 24.7 Å². The van der Waals surface area contributed by atoms with Gasteiger partial charge < -0.3 is 14.4 Å². The Morgan fingerprint density at radius 2 is 2.04 bits per heavy atom. The molecule has 0 N–H and O–H groups in total. The number of hydrogen-bond acceptors (Lipinski definition) is 5. The van der Waals surface area contributed by atoms with E-state index < -0.39 is 4.92 Å². The smallest absolute Gasteiger partial charge is 0.271 e. The minimum Gasteiger partial charge on any atom is -0.489 e. The van der Waals surface area contributed by atoms with E-state index in [-0.39, 0.29) is 18.0 Å². The summed E-state index contributed by atoms with van der Waals surface area (Å²) >= 11 is 6.29. The van der Waals surface area contributed by atoms with E-state index in [1.165, 1.54) is 12.1 Å². The molecule has 0 atom stereocenters. The Morgan fingerprint density at radius 1 is 1.22 bits per heavy atom. The highest BCUT2D eigenvalue weighted by atomic mass is 35.5. The molecule has 7 nitrogen and oxygen atoms in total. The summed E-state index contributed by atoms with van der Waals surface area (Å²) in [5.41, 5.74) is 2.24. The van der Waals surface area contributed by atoms with E-state index in [1.807, 2.05) is 0 Å². The van der Waals surface area contributed by atoms with E-state index >= 15 is 0 Å². The van der Waals surface area contributed by atoms with E-state index in [1.54, 1.807) is 23.1 Å². The molecular formula is C19H17ClN2O5. The Morgan fingerprint density at radius 3 is 2.85 bits per heavy atom. The second-order valence-corrected chi connectivity index (χ2v) is 6.90. The lowest BCUT2D eigenvalue weighted by molar-refractivity contribution is -0.384. The normalized spacial score (nSPS) is 15.2. The van der Waals surface area contributed by atoms with Crippen LogP contribution in [0.3, 0.4) is 0 Å². The molecule has 2 heterocycles. The summed E-state index contributed by atoms with van der Waals surface area (Å²) in [5, 5.41) is 11.4. The van der Waals surface area contributed by atoms with E-state index in [2.05, 4.69) is 0 Å². The lowest BCUT2D eigenvalue weighted by Gasteiger charge is -2.18. The van der Waals surface area contributed by atoms with Gasteiger partial charge in [0.25, 0.3) is 5.69 Å². The minimum atomic E-state index is -0.454. The van der Waals surface area contributed by atoms with Crippen molar-refractivity contribution in [2.24, 2.45) is 0 Å². The van der Waals surface area contributed by atoms with Crippen LogP contribution in [-0.4, -0.2) is 30.6 Å². The van der Waals surface area contributed by atoms with Crippen LogP contribution in [-0.2, 0) is 17.6 Å². The topological polar surface area (TPSA) is 81.9 Å². The summed E-state index contributed by atoms with van der Waals surface area (Å²) in [5.74, 6) is 0.910. The maximum Gasteiger partial charge on any atom is 0.271 e. The Hall–Kier alpha value is -2.80. The molecule has 0 saturated heterocycles. The molecule has 140 valence electrons. The van der Waals surface area contributed by atoms with Gasteiger partial charge in [-0.15, -0.1) is 0 Å². The van der Waals surface area contributed by atoms with Gasteiger partial charge in [0.15, 0.2) is 11.5 Å². The summed E-state index contributed by atoms with van der Waals surface area (Å²) in [6.45, 7) is 1.58. The molecule has 1 amide bonds. The average molecular weight is 389 g/mol.